The number of carbonyl (C=O) groups is 1. The second-order valence-corrected chi connectivity index (χ2v) is 9.94. The maximum Gasteiger partial charge on any atom is 0.138 e. The van der Waals surface area contributed by atoms with Gasteiger partial charge in [-0.1, -0.05) is 0 Å². The lowest BCUT2D eigenvalue weighted by atomic mass is 9.95. The minimum absolute atomic E-state index is 0.364. The van der Waals surface area contributed by atoms with Crippen molar-refractivity contribution >= 4 is 38.7 Å². The van der Waals surface area contributed by atoms with E-state index in [2.05, 4.69) is 15.6 Å². The van der Waals surface area contributed by atoms with Crippen molar-refractivity contribution in [2.45, 2.75) is 38.6 Å². The molecule has 28 heavy (non-hydrogen) atoms. The molecule has 3 aromatic rings. The number of rotatable bonds is 7. The van der Waals surface area contributed by atoms with Crippen molar-refractivity contribution in [3.8, 4) is 10.6 Å². The molecule has 0 unspecified atom stereocenters. The average Bonchev–Trinajstić information content (AvgIpc) is 3.23. The molecule has 0 aliphatic carbocycles. The molecule has 5 nitrogen and oxygen atoms in total. The lowest BCUT2D eigenvalue weighted by Gasteiger charge is -2.26. The number of Topliss-reactive ketones (excluding diaryl/α,β-unsaturated/α-hetero) is 1. The van der Waals surface area contributed by atoms with E-state index in [1.807, 2.05) is 29.8 Å². The Morgan fingerprint density at radius 2 is 2.18 bits per heavy atom. The molecule has 7 heteroatoms. The number of thiophene rings is 1. The summed E-state index contributed by atoms with van der Waals surface area (Å²) in [6, 6.07) is 2.02. The highest BCUT2D eigenvalue weighted by Crippen LogP contribution is 2.41. The van der Waals surface area contributed by atoms with E-state index in [9.17, 15) is 4.79 Å². The monoisotopic (exact) mass is 412 g/mol. The SMILES string of the molecule is O=C(CCCC1CNC1)Cc1sc2c(c1-c1nc3cnccc3s1)CCNC2. The van der Waals surface area contributed by atoms with E-state index < -0.39 is 0 Å². The Morgan fingerprint density at radius 3 is 3.00 bits per heavy atom. The number of thiazole rings is 1. The molecule has 146 valence electrons. The van der Waals surface area contributed by atoms with Crippen LogP contribution in [0.5, 0.6) is 0 Å². The van der Waals surface area contributed by atoms with E-state index in [1.54, 1.807) is 11.3 Å². The molecule has 1 fully saturated rings. The fourth-order valence-corrected chi connectivity index (χ4v) is 6.51. The van der Waals surface area contributed by atoms with Crippen molar-refractivity contribution in [3.05, 3.63) is 33.8 Å². The van der Waals surface area contributed by atoms with Gasteiger partial charge in [-0.3, -0.25) is 9.78 Å². The van der Waals surface area contributed by atoms with E-state index in [1.165, 1.54) is 27.3 Å². The number of nitrogens with one attached hydrogen (secondary N) is 2. The minimum Gasteiger partial charge on any atom is -0.316 e. The van der Waals surface area contributed by atoms with Gasteiger partial charge in [0, 0.05) is 40.9 Å². The Balaban J connectivity index is 1.40. The lowest BCUT2D eigenvalue weighted by molar-refractivity contribution is -0.118. The Labute approximate surface area is 172 Å². The van der Waals surface area contributed by atoms with Crippen LogP contribution in [0.4, 0.5) is 0 Å². The first-order chi connectivity index (χ1) is 13.8. The largest absolute Gasteiger partial charge is 0.316 e. The first kappa shape index (κ1) is 18.4. The maximum atomic E-state index is 12.7. The molecule has 2 aliphatic heterocycles. The van der Waals surface area contributed by atoms with E-state index in [-0.39, 0.29) is 0 Å². The fraction of sp³-hybridized carbons (Fsp3) is 0.476. The first-order valence-electron chi connectivity index (χ1n) is 10.1. The molecular weight excluding hydrogens is 388 g/mol. The van der Waals surface area contributed by atoms with Crippen molar-refractivity contribution in [2.75, 3.05) is 19.6 Å². The van der Waals surface area contributed by atoms with Crippen LogP contribution in [-0.2, 0) is 24.2 Å². The van der Waals surface area contributed by atoms with Gasteiger partial charge in [0.15, 0.2) is 0 Å². The zero-order valence-corrected chi connectivity index (χ0v) is 17.4. The van der Waals surface area contributed by atoms with Crippen LogP contribution in [0.15, 0.2) is 18.5 Å². The fourth-order valence-electron chi connectivity index (χ4n) is 4.06. The third-order valence-electron chi connectivity index (χ3n) is 5.70. The number of aromatic nitrogens is 2. The summed E-state index contributed by atoms with van der Waals surface area (Å²) in [5, 5.41) is 7.82. The van der Waals surface area contributed by atoms with Crippen LogP contribution in [0, 0.1) is 5.92 Å². The molecule has 1 saturated heterocycles. The molecule has 3 aromatic heterocycles. The Hall–Kier alpha value is -1.67. The van der Waals surface area contributed by atoms with Gasteiger partial charge in [0.05, 0.1) is 10.9 Å². The van der Waals surface area contributed by atoms with Gasteiger partial charge in [0.2, 0.25) is 0 Å². The van der Waals surface area contributed by atoms with Gasteiger partial charge in [-0.2, -0.15) is 0 Å². The summed E-state index contributed by atoms with van der Waals surface area (Å²) < 4.78 is 1.16. The molecule has 2 N–H and O–H groups in total. The number of fused-ring (bicyclic) bond motifs is 2. The number of nitrogens with zero attached hydrogens (tertiary/aromatic N) is 2. The Morgan fingerprint density at radius 1 is 1.25 bits per heavy atom. The second kappa shape index (κ2) is 7.99. The third-order valence-corrected chi connectivity index (χ3v) is 7.98. The van der Waals surface area contributed by atoms with Gasteiger partial charge in [0.1, 0.15) is 16.3 Å². The van der Waals surface area contributed by atoms with Crippen molar-refractivity contribution < 1.29 is 4.79 Å². The average molecular weight is 413 g/mol. The molecule has 2 aliphatic rings. The van der Waals surface area contributed by atoms with Gasteiger partial charge >= 0.3 is 0 Å². The highest BCUT2D eigenvalue weighted by atomic mass is 32.1. The van der Waals surface area contributed by atoms with E-state index in [4.69, 9.17) is 4.98 Å². The summed E-state index contributed by atoms with van der Waals surface area (Å²) in [6.45, 7) is 4.14. The van der Waals surface area contributed by atoms with Gasteiger partial charge in [-0.05, 0) is 56.4 Å². The number of ketones is 1. The molecular formula is C21H24N4OS2. The second-order valence-electron chi connectivity index (χ2n) is 7.72. The van der Waals surface area contributed by atoms with Crippen molar-refractivity contribution in [2.24, 2.45) is 5.92 Å². The van der Waals surface area contributed by atoms with E-state index in [0.717, 1.165) is 60.2 Å². The topological polar surface area (TPSA) is 66.9 Å². The molecule has 0 radical (unpaired) electrons. The highest BCUT2D eigenvalue weighted by molar-refractivity contribution is 7.22. The smallest absolute Gasteiger partial charge is 0.138 e. The number of pyridine rings is 1. The predicted octanol–water partition coefficient (Wildman–Crippen LogP) is 3.57. The quantitative estimate of drug-likeness (QED) is 0.621. The molecule has 0 amide bonds. The van der Waals surface area contributed by atoms with E-state index >= 15 is 0 Å². The molecule has 0 aromatic carbocycles. The van der Waals surface area contributed by atoms with Crippen molar-refractivity contribution in [3.63, 3.8) is 0 Å². The summed E-state index contributed by atoms with van der Waals surface area (Å²) in [5.41, 5.74) is 3.58. The van der Waals surface area contributed by atoms with Crippen molar-refractivity contribution in [1.82, 2.24) is 20.6 Å². The maximum absolute atomic E-state index is 12.7. The normalized spacial score (nSPS) is 16.9. The van der Waals surface area contributed by atoms with Crippen LogP contribution in [0.1, 0.15) is 34.6 Å². The molecule has 5 heterocycles. The molecule has 0 spiro atoms. The Bertz CT molecular complexity index is 972. The standard InChI is InChI=1S/C21H24N4OS2/c26-14(3-1-2-13-9-24-10-13)8-18-20(15-4-6-23-12-19(15)27-18)21-25-16-11-22-7-5-17(16)28-21/h5,7,11,13,23-24H,1-4,6,8-10,12H2. The zero-order chi connectivity index (χ0) is 18.9. The summed E-state index contributed by atoms with van der Waals surface area (Å²) in [4.78, 5) is 24.4. The molecule has 0 atom stereocenters. The van der Waals surface area contributed by atoms with Crippen molar-refractivity contribution in [1.29, 1.82) is 0 Å². The molecule has 5 rings (SSSR count). The van der Waals surface area contributed by atoms with Crippen LogP contribution in [-0.4, -0.2) is 35.4 Å². The predicted molar refractivity (Wildman–Crippen MR) is 115 cm³/mol. The van der Waals surface area contributed by atoms with Gasteiger partial charge in [-0.25, -0.2) is 4.98 Å². The zero-order valence-electron chi connectivity index (χ0n) is 15.8. The van der Waals surface area contributed by atoms with Crippen LogP contribution < -0.4 is 10.6 Å². The van der Waals surface area contributed by atoms with Gasteiger partial charge < -0.3 is 10.6 Å². The summed E-state index contributed by atoms with van der Waals surface area (Å²) in [7, 11) is 0. The van der Waals surface area contributed by atoms with Gasteiger partial charge in [-0.15, -0.1) is 22.7 Å². The summed E-state index contributed by atoms with van der Waals surface area (Å²) in [5.74, 6) is 1.14. The number of carbonyl (C=O) groups excluding carboxylic acids is 1. The lowest BCUT2D eigenvalue weighted by Crippen LogP contribution is -2.41. The molecule has 0 bridgehead atoms. The van der Waals surface area contributed by atoms with E-state index in [0.29, 0.717) is 18.6 Å². The van der Waals surface area contributed by atoms with Crippen LogP contribution in [0.2, 0.25) is 0 Å². The first-order valence-corrected chi connectivity index (χ1v) is 11.7. The van der Waals surface area contributed by atoms with Gasteiger partial charge in [0.25, 0.3) is 0 Å². The molecule has 0 saturated carbocycles. The highest BCUT2D eigenvalue weighted by Gasteiger charge is 2.25. The Kier molecular flexibility index (Phi) is 5.24. The van der Waals surface area contributed by atoms with Crippen LogP contribution in [0.25, 0.3) is 20.8 Å². The third kappa shape index (κ3) is 3.64. The van der Waals surface area contributed by atoms with Crippen LogP contribution >= 0.6 is 22.7 Å². The summed E-state index contributed by atoms with van der Waals surface area (Å²) >= 11 is 3.53. The number of hydrogen-bond acceptors (Lipinski definition) is 7. The summed E-state index contributed by atoms with van der Waals surface area (Å²) in [6.07, 6.45) is 8.08. The van der Waals surface area contributed by atoms with Crippen LogP contribution in [0.3, 0.4) is 0 Å². The minimum atomic E-state index is 0.364. The number of hydrogen-bond donors (Lipinski definition) is 2.